The summed E-state index contributed by atoms with van der Waals surface area (Å²) in [6.45, 7) is 0. The van der Waals surface area contributed by atoms with Gasteiger partial charge in [-0.3, -0.25) is 4.79 Å². The first-order valence-electron chi connectivity index (χ1n) is 9.12. The summed E-state index contributed by atoms with van der Waals surface area (Å²) in [6, 6.07) is 6.32. The maximum absolute atomic E-state index is 13.0. The molecule has 0 spiro atoms. The quantitative estimate of drug-likeness (QED) is 0.851. The molecule has 0 aliphatic heterocycles. The Kier molecular flexibility index (Phi) is 4.24. The highest BCUT2D eigenvalue weighted by Crippen LogP contribution is 2.38. The van der Waals surface area contributed by atoms with E-state index in [4.69, 9.17) is 9.26 Å². The second-order valence-corrected chi connectivity index (χ2v) is 7.07. The van der Waals surface area contributed by atoms with Crippen molar-refractivity contribution >= 4 is 5.91 Å². The molecule has 132 valence electrons. The average molecular weight is 340 g/mol. The SMILES string of the molecule is COc1ccc2c(c1)-c1onc(C(=O)N(C)C3CCCCC3)c1CC2. The zero-order valence-electron chi connectivity index (χ0n) is 14.9. The van der Waals surface area contributed by atoms with Crippen LogP contribution in [0.15, 0.2) is 22.7 Å². The lowest BCUT2D eigenvalue weighted by Crippen LogP contribution is -2.38. The lowest BCUT2D eigenvalue weighted by Gasteiger charge is -2.30. The number of nitrogens with zero attached hydrogens (tertiary/aromatic N) is 2. The summed E-state index contributed by atoms with van der Waals surface area (Å²) in [5.41, 5.74) is 3.63. The van der Waals surface area contributed by atoms with Gasteiger partial charge in [0.1, 0.15) is 5.75 Å². The van der Waals surface area contributed by atoms with Gasteiger partial charge in [-0.1, -0.05) is 30.5 Å². The third kappa shape index (κ3) is 2.81. The molecule has 2 aliphatic rings. The van der Waals surface area contributed by atoms with E-state index in [1.807, 2.05) is 24.1 Å². The highest BCUT2D eigenvalue weighted by Gasteiger charge is 2.31. The Morgan fingerprint density at radius 2 is 2.04 bits per heavy atom. The molecule has 1 heterocycles. The van der Waals surface area contributed by atoms with Crippen LogP contribution >= 0.6 is 0 Å². The second-order valence-electron chi connectivity index (χ2n) is 7.07. The minimum Gasteiger partial charge on any atom is -0.497 e. The number of carbonyl (C=O) groups is 1. The van der Waals surface area contributed by atoms with Gasteiger partial charge in [0.15, 0.2) is 11.5 Å². The van der Waals surface area contributed by atoms with Gasteiger partial charge in [-0.2, -0.15) is 0 Å². The highest BCUT2D eigenvalue weighted by molar-refractivity contribution is 5.95. The van der Waals surface area contributed by atoms with Crippen molar-refractivity contribution in [2.45, 2.75) is 51.0 Å². The molecule has 0 radical (unpaired) electrons. The minimum absolute atomic E-state index is 0.0109. The Morgan fingerprint density at radius 1 is 1.24 bits per heavy atom. The van der Waals surface area contributed by atoms with Crippen molar-refractivity contribution in [3.8, 4) is 17.1 Å². The van der Waals surface area contributed by atoms with Crippen LogP contribution in [0.4, 0.5) is 0 Å². The van der Waals surface area contributed by atoms with Gasteiger partial charge in [-0.25, -0.2) is 0 Å². The number of hydrogen-bond donors (Lipinski definition) is 0. The van der Waals surface area contributed by atoms with Crippen molar-refractivity contribution in [3.63, 3.8) is 0 Å². The largest absolute Gasteiger partial charge is 0.497 e. The van der Waals surface area contributed by atoms with E-state index in [1.165, 1.54) is 24.8 Å². The van der Waals surface area contributed by atoms with E-state index in [9.17, 15) is 4.79 Å². The van der Waals surface area contributed by atoms with E-state index in [2.05, 4.69) is 11.2 Å². The van der Waals surface area contributed by atoms with Gasteiger partial charge < -0.3 is 14.2 Å². The summed E-state index contributed by atoms with van der Waals surface area (Å²) in [6.07, 6.45) is 7.53. The molecule has 0 unspecified atom stereocenters. The van der Waals surface area contributed by atoms with Gasteiger partial charge in [0.25, 0.3) is 5.91 Å². The Bertz CT molecular complexity index is 790. The maximum Gasteiger partial charge on any atom is 0.276 e. The molecule has 0 saturated heterocycles. The van der Waals surface area contributed by atoms with Crippen LogP contribution in [0.2, 0.25) is 0 Å². The summed E-state index contributed by atoms with van der Waals surface area (Å²) >= 11 is 0. The van der Waals surface area contributed by atoms with Crippen molar-refractivity contribution in [1.82, 2.24) is 10.1 Å². The van der Waals surface area contributed by atoms with Crippen LogP contribution in [-0.4, -0.2) is 36.2 Å². The molecule has 1 aromatic heterocycles. The normalized spacial score (nSPS) is 16.9. The lowest BCUT2D eigenvalue weighted by molar-refractivity contribution is 0.0685. The van der Waals surface area contributed by atoms with Gasteiger partial charge in [0.05, 0.1) is 7.11 Å². The molecule has 4 rings (SSSR count). The van der Waals surface area contributed by atoms with E-state index in [0.717, 1.165) is 48.3 Å². The summed E-state index contributed by atoms with van der Waals surface area (Å²) in [4.78, 5) is 14.9. The molecule has 25 heavy (non-hydrogen) atoms. The molecule has 0 N–H and O–H groups in total. The van der Waals surface area contributed by atoms with Crippen molar-refractivity contribution in [1.29, 1.82) is 0 Å². The number of ether oxygens (including phenoxy) is 1. The first-order chi connectivity index (χ1) is 12.2. The summed E-state index contributed by atoms with van der Waals surface area (Å²) in [5, 5.41) is 4.16. The van der Waals surface area contributed by atoms with Gasteiger partial charge in [0.2, 0.25) is 0 Å². The first-order valence-corrected chi connectivity index (χ1v) is 9.12. The van der Waals surface area contributed by atoms with Crippen LogP contribution < -0.4 is 4.74 Å². The van der Waals surface area contributed by atoms with Crippen LogP contribution in [0.1, 0.15) is 53.7 Å². The number of fused-ring (bicyclic) bond motifs is 3. The van der Waals surface area contributed by atoms with Gasteiger partial charge in [-0.05, 0) is 43.4 Å². The molecule has 5 heteroatoms. The smallest absolute Gasteiger partial charge is 0.276 e. The molecule has 0 atom stereocenters. The molecular formula is C20H24N2O3. The van der Waals surface area contributed by atoms with E-state index in [-0.39, 0.29) is 5.91 Å². The van der Waals surface area contributed by atoms with Crippen LogP contribution in [-0.2, 0) is 12.8 Å². The summed E-state index contributed by atoms with van der Waals surface area (Å²) in [5.74, 6) is 1.50. The van der Waals surface area contributed by atoms with Crippen LogP contribution in [0.25, 0.3) is 11.3 Å². The standard InChI is InChI=1S/C20H24N2O3/c1-22(14-6-4-3-5-7-14)20(23)18-16-11-9-13-8-10-15(24-2)12-17(13)19(16)25-21-18/h8,10,12,14H,3-7,9,11H2,1-2H3. The third-order valence-corrected chi connectivity index (χ3v) is 5.64. The Labute approximate surface area is 147 Å². The fraction of sp³-hybridized carbons (Fsp3) is 0.500. The number of rotatable bonds is 3. The predicted molar refractivity (Wildman–Crippen MR) is 94.9 cm³/mol. The fourth-order valence-corrected chi connectivity index (χ4v) is 4.09. The number of aromatic nitrogens is 1. The minimum atomic E-state index is -0.0109. The van der Waals surface area contributed by atoms with Crippen LogP contribution in [0.3, 0.4) is 0 Å². The van der Waals surface area contributed by atoms with E-state index in [0.29, 0.717) is 11.7 Å². The molecule has 1 fully saturated rings. The van der Waals surface area contributed by atoms with Crippen molar-refractivity contribution in [2.24, 2.45) is 0 Å². The molecule has 0 bridgehead atoms. The van der Waals surface area contributed by atoms with Crippen LogP contribution in [0, 0.1) is 0 Å². The Hall–Kier alpha value is -2.30. The van der Waals surface area contributed by atoms with Crippen molar-refractivity contribution in [3.05, 3.63) is 35.0 Å². The zero-order chi connectivity index (χ0) is 17.4. The molecule has 2 aliphatic carbocycles. The number of benzene rings is 1. The lowest BCUT2D eigenvalue weighted by atomic mass is 9.89. The number of aryl methyl sites for hydroxylation is 1. The maximum atomic E-state index is 13.0. The number of hydrogen-bond acceptors (Lipinski definition) is 4. The van der Waals surface area contributed by atoms with Crippen molar-refractivity contribution in [2.75, 3.05) is 14.2 Å². The fourth-order valence-electron chi connectivity index (χ4n) is 4.09. The molecule has 2 aromatic rings. The van der Waals surface area contributed by atoms with Crippen LogP contribution in [0.5, 0.6) is 5.75 Å². The number of carbonyl (C=O) groups excluding carboxylic acids is 1. The Balaban J connectivity index is 1.65. The van der Waals surface area contributed by atoms with E-state index < -0.39 is 0 Å². The molecular weight excluding hydrogens is 316 g/mol. The first kappa shape index (κ1) is 16.2. The highest BCUT2D eigenvalue weighted by atomic mass is 16.5. The Morgan fingerprint density at radius 3 is 2.80 bits per heavy atom. The number of methoxy groups -OCH3 is 1. The predicted octanol–water partition coefficient (Wildman–Crippen LogP) is 3.85. The average Bonchev–Trinajstić information content (AvgIpc) is 3.11. The molecule has 5 nitrogen and oxygen atoms in total. The summed E-state index contributed by atoms with van der Waals surface area (Å²) in [7, 11) is 3.55. The topological polar surface area (TPSA) is 55.6 Å². The molecule has 1 saturated carbocycles. The monoisotopic (exact) mass is 340 g/mol. The van der Waals surface area contributed by atoms with Gasteiger partial charge in [-0.15, -0.1) is 0 Å². The van der Waals surface area contributed by atoms with Crippen molar-refractivity contribution < 1.29 is 14.1 Å². The van der Waals surface area contributed by atoms with E-state index >= 15 is 0 Å². The van der Waals surface area contributed by atoms with E-state index in [1.54, 1.807) is 7.11 Å². The summed E-state index contributed by atoms with van der Waals surface area (Å²) < 4.78 is 10.9. The zero-order valence-corrected chi connectivity index (χ0v) is 14.9. The molecule has 1 amide bonds. The van der Waals surface area contributed by atoms with Gasteiger partial charge in [0, 0.05) is 24.2 Å². The molecule has 1 aromatic carbocycles. The van der Waals surface area contributed by atoms with Gasteiger partial charge >= 0.3 is 0 Å². The second kappa shape index (κ2) is 6.54. The third-order valence-electron chi connectivity index (χ3n) is 5.64. The number of amides is 1.